The quantitative estimate of drug-likeness (QED) is 0.337. The van der Waals surface area contributed by atoms with E-state index in [2.05, 4.69) is 10.3 Å². The number of ether oxygens (including phenoxy) is 1. The van der Waals surface area contributed by atoms with Gasteiger partial charge >= 0.3 is 29.6 Å². The molecule has 0 fully saturated rings. The zero-order chi connectivity index (χ0) is 22.1. The molecule has 0 saturated carbocycles. The van der Waals surface area contributed by atoms with Gasteiger partial charge in [-0.1, -0.05) is 50.1 Å². The number of para-hydroxylation sites is 1. The van der Waals surface area contributed by atoms with Crippen LogP contribution in [0.1, 0.15) is 42.1 Å². The molecule has 3 aromatic rings. The molecule has 32 heavy (non-hydrogen) atoms. The number of hydrogen-bond acceptors (Lipinski definition) is 5. The second kappa shape index (κ2) is 13.2. The van der Waals surface area contributed by atoms with E-state index < -0.39 is 11.9 Å². The number of amides is 1. The summed E-state index contributed by atoms with van der Waals surface area (Å²) in [7, 11) is 0. The van der Waals surface area contributed by atoms with Gasteiger partial charge < -0.3 is 20.0 Å². The number of carbonyl (C=O) groups excluding carboxylic acids is 2. The number of aromatic nitrogens is 1. The van der Waals surface area contributed by atoms with Crippen LogP contribution in [0.3, 0.4) is 0 Å². The van der Waals surface area contributed by atoms with Crippen LogP contribution >= 0.6 is 0 Å². The molecule has 0 aliphatic heterocycles. The Hall–Kier alpha value is -2.41. The molecule has 1 heterocycles. The molecule has 0 saturated heterocycles. The number of nitrogens with one attached hydrogen (secondary N) is 1. The van der Waals surface area contributed by atoms with Crippen molar-refractivity contribution < 1.29 is 49.0 Å². The number of carboxylic acid groups (broad SMARTS) is 1. The van der Waals surface area contributed by atoms with Gasteiger partial charge in [-0.15, -0.1) is 0 Å². The van der Waals surface area contributed by atoms with E-state index in [4.69, 9.17) is 4.74 Å². The Labute approximate surface area is 210 Å². The summed E-state index contributed by atoms with van der Waals surface area (Å²) in [6.07, 6.45) is 4.49. The number of pyridine rings is 1. The van der Waals surface area contributed by atoms with Crippen LogP contribution in [0.5, 0.6) is 5.75 Å². The summed E-state index contributed by atoms with van der Waals surface area (Å²) in [5, 5.41) is 15.0. The molecular formula is C25H27N2NaO4. The Morgan fingerprint density at radius 1 is 1.12 bits per heavy atom. The van der Waals surface area contributed by atoms with Crippen LogP contribution in [-0.2, 0) is 11.2 Å². The molecule has 0 radical (unpaired) electrons. The minimum absolute atomic E-state index is 0. The minimum Gasteiger partial charge on any atom is -0.550 e. The number of aliphatic carboxylic acids is 1. The minimum atomic E-state index is -0.994. The predicted octanol–water partition coefficient (Wildman–Crippen LogP) is 0.146. The first kappa shape index (κ1) is 25.8. The summed E-state index contributed by atoms with van der Waals surface area (Å²) < 4.78 is 5.68. The summed E-state index contributed by atoms with van der Waals surface area (Å²) in [5.74, 6) is -0.987. The maximum atomic E-state index is 12.3. The van der Waals surface area contributed by atoms with Crippen LogP contribution in [0.2, 0.25) is 0 Å². The summed E-state index contributed by atoms with van der Waals surface area (Å²) in [6, 6.07) is 16.8. The van der Waals surface area contributed by atoms with Gasteiger partial charge in [0.25, 0.3) is 5.91 Å². The Morgan fingerprint density at radius 2 is 1.88 bits per heavy atom. The second-order valence-electron chi connectivity index (χ2n) is 7.53. The maximum Gasteiger partial charge on any atom is 1.00 e. The van der Waals surface area contributed by atoms with Crippen molar-refractivity contribution in [2.75, 3.05) is 13.2 Å². The monoisotopic (exact) mass is 442 g/mol. The second-order valence-corrected chi connectivity index (χ2v) is 7.53. The fraction of sp³-hybridized carbons (Fsp3) is 0.320. The molecule has 1 amide bonds. The van der Waals surface area contributed by atoms with Crippen LogP contribution in [0, 0.1) is 5.92 Å². The number of carbonyl (C=O) groups is 2. The van der Waals surface area contributed by atoms with Crippen LogP contribution in [0.4, 0.5) is 0 Å². The smallest absolute Gasteiger partial charge is 0.550 e. The summed E-state index contributed by atoms with van der Waals surface area (Å²) in [6.45, 7) is 2.72. The standard InChI is InChI=1S/C25H28N2O4.Na/c1-2-3-6-20(25(29)30)15-18-9-11-22(12-10-18)31-14-13-26-24(28)21-16-19-7-4-5-8-23(19)27-17-21;/h4-5,7-12,16-17,20H,2-3,6,13-15H2,1H3,(H,26,28)(H,29,30);/q;+1/p-1. The Balaban J connectivity index is 0.00000363. The van der Waals surface area contributed by atoms with Crippen LogP contribution in [0.15, 0.2) is 60.8 Å². The fourth-order valence-corrected chi connectivity index (χ4v) is 3.39. The van der Waals surface area contributed by atoms with E-state index in [9.17, 15) is 14.7 Å². The van der Waals surface area contributed by atoms with E-state index in [1.807, 2.05) is 61.5 Å². The van der Waals surface area contributed by atoms with Gasteiger partial charge in [-0.25, -0.2) is 0 Å². The van der Waals surface area contributed by atoms with Crippen molar-refractivity contribution in [1.29, 1.82) is 0 Å². The third kappa shape index (κ3) is 7.62. The van der Waals surface area contributed by atoms with E-state index in [1.54, 1.807) is 6.20 Å². The van der Waals surface area contributed by atoms with Crippen molar-refractivity contribution >= 4 is 22.8 Å². The van der Waals surface area contributed by atoms with Crippen LogP contribution in [0.25, 0.3) is 10.9 Å². The van der Waals surface area contributed by atoms with Gasteiger partial charge in [-0.2, -0.15) is 0 Å². The van der Waals surface area contributed by atoms with Crippen molar-refractivity contribution in [2.24, 2.45) is 5.92 Å². The first-order valence-corrected chi connectivity index (χ1v) is 10.6. The summed E-state index contributed by atoms with van der Waals surface area (Å²) >= 11 is 0. The van der Waals surface area contributed by atoms with Gasteiger partial charge in [-0.05, 0) is 42.7 Å². The third-order valence-corrected chi connectivity index (χ3v) is 5.15. The molecule has 0 aliphatic rings. The SMILES string of the molecule is CCCCC(Cc1ccc(OCCNC(=O)c2cnc3ccccc3c2)cc1)C(=O)[O-].[Na+]. The van der Waals surface area contributed by atoms with E-state index in [0.717, 1.165) is 29.3 Å². The van der Waals surface area contributed by atoms with Crippen LogP contribution in [-0.4, -0.2) is 30.0 Å². The van der Waals surface area contributed by atoms with Crippen molar-refractivity contribution in [2.45, 2.75) is 32.6 Å². The van der Waals surface area contributed by atoms with Crippen molar-refractivity contribution in [1.82, 2.24) is 10.3 Å². The molecule has 162 valence electrons. The van der Waals surface area contributed by atoms with Gasteiger partial charge in [-0.3, -0.25) is 9.78 Å². The van der Waals surface area contributed by atoms with Gasteiger partial charge in [0, 0.05) is 23.5 Å². The third-order valence-electron chi connectivity index (χ3n) is 5.15. The largest absolute Gasteiger partial charge is 1.00 e. The van der Waals surface area contributed by atoms with E-state index >= 15 is 0 Å². The van der Waals surface area contributed by atoms with Gasteiger partial charge in [0.15, 0.2) is 0 Å². The number of fused-ring (bicyclic) bond motifs is 1. The summed E-state index contributed by atoms with van der Waals surface area (Å²) in [5.41, 5.74) is 2.30. The van der Waals surface area contributed by atoms with Gasteiger partial charge in [0.05, 0.1) is 17.6 Å². The fourth-order valence-electron chi connectivity index (χ4n) is 3.39. The molecule has 3 rings (SSSR count). The molecule has 1 aromatic heterocycles. The van der Waals surface area contributed by atoms with E-state index in [1.165, 1.54) is 0 Å². The molecule has 7 heteroatoms. The molecule has 0 aliphatic carbocycles. The van der Waals surface area contributed by atoms with Crippen molar-refractivity contribution in [3.05, 3.63) is 71.9 Å². The Bertz CT molecular complexity index is 1020. The Morgan fingerprint density at radius 3 is 2.59 bits per heavy atom. The number of nitrogens with zero attached hydrogens (tertiary/aromatic N) is 1. The molecule has 6 nitrogen and oxygen atoms in total. The summed E-state index contributed by atoms with van der Waals surface area (Å²) in [4.78, 5) is 27.9. The first-order chi connectivity index (χ1) is 15.1. The van der Waals surface area contributed by atoms with E-state index in [0.29, 0.717) is 37.3 Å². The zero-order valence-corrected chi connectivity index (χ0v) is 20.7. The van der Waals surface area contributed by atoms with Gasteiger partial charge in [0.2, 0.25) is 0 Å². The van der Waals surface area contributed by atoms with E-state index in [-0.39, 0.29) is 35.5 Å². The topological polar surface area (TPSA) is 91.3 Å². The normalized spacial score (nSPS) is 11.4. The van der Waals surface area contributed by atoms with Crippen LogP contribution < -0.4 is 44.7 Å². The van der Waals surface area contributed by atoms with Crippen molar-refractivity contribution in [3.8, 4) is 5.75 Å². The predicted molar refractivity (Wildman–Crippen MR) is 118 cm³/mol. The molecule has 1 N–H and O–H groups in total. The number of benzene rings is 2. The number of hydrogen-bond donors (Lipinski definition) is 1. The average Bonchev–Trinajstić information content (AvgIpc) is 2.79. The Kier molecular flexibility index (Phi) is 10.7. The number of unbranched alkanes of at least 4 members (excludes halogenated alkanes) is 1. The molecular weight excluding hydrogens is 415 g/mol. The van der Waals surface area contributed by atoms with Gasteiger partial charge in [0.1, 0.15) is 12.4 Å². The number of carboxylic acids is 1. The molecule has 0 bridgehead atoms. The molecule has 0 spiro atoms. The average molecular weight is 442 g/mol. The zero-order valence-electron chi connectivity index (χ0n) is 18.7. The molecule has 1 unspecified atom stereocenters. The molecule has 1 atom stereocenters. The first-order valence-electron chi connectivity index (χ1n) is 10.6. The number of rotatable bonds is 11. The maximum absolute atomic E-state index is 12.3. The van der Waals surface area contributed by atoms with Crippen molar-refractivity contribution in [3.63, 3.8) is 0 Å². The molecule has 2 aromatic carbocycles.